The number of rotatable bonds is 8. The van der Waals surface area contributed by atoms with Gasteiger partial charge in [0.2, 0.25) is 5.89 Å². The molecule has 104 valence electrons. The molecule has 1 rings (SSSR count). The van der Waals surface area contributed by atoms with Crippen molar-refractivity contribution in [2.24, 2.45) is 0 Å². The molecule has 0 aliphatic heterocycles. The van der Waals surface area contributed by atoms with Crippen molar-refractivity contribution in [3.05, 3.63) is 5.89 Å². The topological polar surface area (TPSA) is 74.4 Å². The van der Waals surface area contributed by atoms with E-state index in [9.17, 15) is 0 Å². The van der Waals surface area contributed by atoms with E-state index in [4.69, 9.17) is 9.52 Å². The van der Waals surface area contributed by atoms with Crippen molar-refractivity contribution in [3.63, 3.8) is 0 Å². The van der Waals surface area contributed by atoms with Gasteiger partial charge in [0.25, 0.3) is 0 Å². The van der Waals surface area contributed by atoms with E-state index in [0.29, 0.717) is 18.5 Å². The molecule has 1 atom stereocenters. The highest BCUT2D eigenvalue weighted by Gasteiger charge is 2.19. The minimum absolute atomic E-state index is 0.0503. The molecule has 1 unspecified atom stereocenters. The average molecular weight is 256 g/mol. The minimum atomic E-state index is 0.0503. The lowest BCUT2D eigenvalue weighted by Crippen LogP contribution is -2.33. The molecule has 18 heavy (non-hydrogen) atoms. The highest BCUT2D eigenvalue weighted by Crippen LogP contribution is 2.18. The SMILES string of the molecule is CCCNC(C)c1nnc(N(CCO)C(C)C)o1. The first-order chi connectivity index (χ1) is 8.60. The summed E-state index contributed by atoms with van der Waals surface area (Å²) in [5, 5.41) is 20.4. The molecule has 2 N–H and O–H groups in total. The third kappa shape index (κ3) is 3.96. The van der Waals surface area contributed by atoms with Crippen LogP contribution in [0.4, 0.5) is 6.01 Å². The van der Waals surface area contributed by atoms with Crippen LogP contribution in [0.3, 0.4) is 0 Å². The monoisotopic (exact) mass is 256 g/mol. The van der Waals surface area contributed by atoms with Crippen LogP contribution in [0.25, 0.3) is 0 Å². The molecule has 6 nitrogen and oxygen atoms in total. The molecule has 0 radical (unpaired) electrons. The Morgan fingerprint density at radius 2 is 2.06 bits per heavy atom. The molecular weight excluding hydrogens is 232 g/mol. The quantitative estimate of drug-likeness (QED) is 0.731. The van der Waals surface area contributed by atoms with Gasteiger partial charge in [0.1, 0.15) is 0 Å². The molecule has 0 saturated carbocycles. The summed E-state index contributed by atoms with van der Waals surface area (Å²) in [4.78, 5) is 1.89. The van der Waals surface area contributed by atoms with Crippen molar-refractivity contribution >= 4 is 6.01 Å². The van der Waals surface area contributed by atoms with Crippen molar-refractivity contribution in [1.82, 2.24) is 15.5 Å². The van der Waals surface area contributed by atoms with Gasteiger partial charge in [-0.3, -0.25) is 0 Å². The standard InChI is InChI=1S/C12H24N4O2/c1-5-6-13-10(4)11-14-15-12(18-11)16(7-8-17)9(2)3/h9-10,13,17H,5-8H2,1-4H3. The highest BCUT2D eigenvalue weighted by molar-refractivity contribution is 5.25. The number of anilines is 1. The second kappa shape index (κ2) is 7.33. The Bertz CT molecular complexity index is 341. The van der Waals surface area contributed by atoms with E-state index in [1.54, 1.807) is 0 Å². The van der Waals surface area contributed by atoms with Crippen LogP contribution in [0.15, 0.2) is 4.42 Å². The van der Waals surface area contributed by atoms with Crippen LogP contribution in [-0.2, 0) is 0 Å². The molecule has 0 aliphatic carbocycles. The summed E-state index contributed by atoms with van der Waals surface area (Å²) in [5.41, 5.74) is 0. The first kappa shape index (κ1) is 14.9. The van der Waals surface area contributed by atoms with E-state index in [-0.39, 0.29) is 18.7 Å². The summed E-state index contributed by atoms with van der Waals surface area (Å²) < 4.78 is 5.65. The molecular formula is C12H24N4O2. The Labute approximate surface area is 108 Å². The van der Waals surface area contributed by atoms with E-state index in [1.807, 2.05) is 25.7 Å². The average Bonchev–Trinajstić information content (AvgIpc) is 2.81. The Kier molecular flexibility index (Phi) is 6.07. The summed E-state index contributed by atoms with van der Waals surface area (Å²) in [6.45, 7) is 9.65. The first-order valence-corrected chi connectivity index (χ1v) is 6.54. The van der Waals surface area contributed by atoms with Gasteiger partial charge in [-0.05, 0) is 33.7 Å². The van der Waals surface area contributed by atoms with Crippen molar-refractivity contribution in [1.29, 1.82) is 0 Å². The summed E-state index contributed by atoms with van der Waals surface area (Å²) in [6.07, 6.45) is 1.06. The van der Waals surface area contributed by atoms with Crippen LogP contribution in [-0.4, -0.2) is 41.0 Å². The van der Waals surface area contributed by atoms with Crippen LogP contribution in [0.5, 0.6) is 0 Å². The Balaban J connectivity index is 2.71. The molecule has 0 amide bonds. The number of nitrogens with zero attached hydrogens (tertiary/aromatic N) is 3. The predicted octanol–water partition coefficient (Wildman–Crippen LogP) is 1.34. The van der Waals surface area contributed by atoms with Crippen molar-refractivity contribution in [2.75, 3.05) is 24.6 Å². The number of hydrogen-bond donors (Lipinski definition) is 2. The zero-order chi connectivity index (χ0) is 13.5. The Morgan fingerprint density at radius 3 is 2.61 bits per heavy atom. The largest absolute Gasteiger partial charge is 0.406 e. The van der Waals surface area contributed by atoms with Gasteiger partial charge < -0.3 is 19.7 Å². The van der Waals surface area contributed by atoms with Gasteiger partial charge in [-0.2, -0.15) is 0 Å². The van der Waals surface area contributed by atoms with Crippen molar-refractivity contribution in [2.45, 2.75) is 46.2 Å². The maximum absolute atomic E-state index is 9.04. The van der Waals surface area contributed by atoms with Gasteiger partial charge in [0, 0.05) is 12.6 Å². The fourth-order valence-corrected chi connectivity index (χ4v) is 1.65. The molecule has 0 bridgehead atoms. The fraction of sp³-hybridized carbons (Fsp3) is 0.833. The second-order valence-electron chi connectivity index (χ2n) is 4.61. The number of aliphatic hydroxyl groups is 1. The fourth-order valence-electron chi connectivity index (χ4n) is 1.65. The van der Waals surface area contributed by atoms with Gasteiger partial charge in [-0.25, -0.2) is 0 Å². The molecule has 0 spiro atoms. The van der Waals surface area contributed by atoms with Crippen LogP contribution >= 0.6 is 0 Å². The van der Waals surface area contributed by atoms with Gasteiger partial charge in [-0.1, -0.05) is 12.0 Å². The normalized spacial score (nSPS) is 13.0. The molecule has 1 aromatic rings. The van der Waals surface area contributed by atoms with Gasteiger partial charge >= 0.3 is 6.01 Å². The minimum Gasteiger partial charge on any atom is -0.406 e. The van der Waals surface area contributed by atoms with Crippen LogP contribution in [0, 0.1) is 0 Å². The first-order valence-electron chi connectivity index (χ1n) is 6.54. The third-order valence-corrected chi connectivity index (χ3v) is 2.71. The Morgan fingerprint density at radius 1 is 1.33 bits per heavy atom. The van der Waals surface area contributed by atoms with Gasteiger partial charge in [0.05, 0.1) is 12.6 Å². The van der Waals surface area contributed by atoms with E-state index >= 15 is 0 Å². The van der Waals surface area contributed by atoms with Crippen LogP contribution in [0.1, 0.15) is 46.0 Å². The van der Waals surface area contributed by atoms with E-state index in [2.05, 4.69) is 22.4 Å². The zero-order valence-corrected chi connectivity index (χ0v) is 11.7. The molecule has 0 aliphatic rings. The van der Waals surface area contributed by atoms with E-state index in [1.165, 1.54) is 0 Å². The number of aromatic nitrogens is 2. The maximum Gasteiger partial charge on any atom is 0.318 e. The summed E-state index contributed by atoms with van der Waals surface area (Å²) in [6, 6.07) is 0.734. The van der Waals surface area contributed by atoms with Gasteiger partial charge in [0.15, 0.2) is 0 Å². The zero-order valence-electron chi connectivity index (χ0n) is 11.7. The number of aliphatic hydroxyl groups excluding tert-OH is 1. The van der Waals surface area contributed by atoms with Crippen molar-refractivity contribution in [3.8, 4) is 0 Å². The predicted molar refractivity (Wildman–Crippen MR) is 70.6 cm³/mol. The molecule has 6 heteroatoms. The molecule has 0 saturated heterocycles. The van der Waals surface area contributed by atoms with Crippen LogP contribution in [0.2, 0.25) is 0 Å². The maximum atomic E-state index is 9.04. The second-order valence-corrected chi connectivity index (χ2v) is 4.61. The smallest absolute Gasteiger partial charge is 0.318 e. The molecule has 1 heterocycles. The summed E-state index contributed by atoms with van der Waals surface area (Å²) in [7, 11) is 0. The third-order valence-electron chi connectivity index (χ3n) is 2.71. The van der Waals surface area contributed by atoms with Gasteiger partial charge in [-0.15, -0.1) is 5.10 Å². The van der Waals surface area contributed by atoms with E-state index < -0.39 is 0 Å². The number of nitrogens with one attached hydrogen (secondary N) is 1. The number of hydrogen-bond acceptors (Lipinski definition) is 6. The highest BCUT2D eigenvalue weighted by atomic mass is 16.4. The van der Waals surface area contributed by atoms with E-state index in [0.717, 1.165) is 13.0 Å². The summed E-state index contributed by atoms with van der Waals surface area (Å²) in [5.74, 6) is 0.585. The van der Waals surface area contributed by atoms with Crippen LogP contribution < -0.4 is 10.2 Å². The molecule has 0 aromatic carbocycles. The lowest BCUT2D eigenvalue weighted by Gasteiger charge is -2.23. The summed E-state index contributed by atoms with van der Waals surface area (Å²) >= 11 is 0. The molecule has 0 fully saturated rings. The Hall–Kier alpha value is -1.14. The van der Waals surface area contributed by atoms with Crippen molar-refractivity contribution < 1.29 is 9.52 Å². The lowest BCUT2D eigenvalue weighted by molar-refractivity contribution is 0.294. The molecule has 1 aromatic heterocycles. The lowest BCUT2D eigenvalue weighted by atomic mass is 10.3.